The lowest BCUT2D eigenvalue weighted by Crippen LogP contribution is -2.33. The highest BCUT2D eigenvalue weighted by Crippen LogP contribution is 2.47. The molecule has 1 aliphatic heterocycles. The number of para-hydroxylation sites is 2. The van der Waals surface area contributed by atoms with E-state index in [1.165, 1.54) is 0 Å². The number of carbonyl (C=O) groups excluding carboxylic acids is 2. The second kappa shape index (κ2) is 8.81. The minimum Gasteiger partial charge on any atom is -0.482 e. The van der Waals surface area contributed by atoms with Gasteiger partial charge in [0, 0.05) is 14.8 Å². The molecule has 0 N–H and O–H groups in total. The van der Waals surface area contributed by atoms with E-state index in [1.807, 2.05) is 55.5 Å². The number of halogens is 1. The number of hydrogen-bond donors (Lipinski definition) is 0. The number of ether oxygens (including phenoxy) is 2. The second-order valence-corrected chi connectivity index (χ2v) is 8.12. The van der Waals surface area contributed by atoms with Gasteiger partial charge in [-0.25, -0.2) is 4.79 Å². The Hall–Kier alpha value is -2.96. The van der Waals surface area contributed by atoms with Crippen molar-refractivity contribution in [3.8, 4) is 5.75 Å². The quantitative estimate of drug-likeness (QED) is 0.498. The van der Waals surface area contributed by atoms with E-state index in [1.54, 1.807) is 34.9 Å². The first-order valence-corrected chi connectivity index (χ1v) is 10.5. The molecule has 0 unspecified atom stereocenters. The van der Waals surface area contributed by atoms with E-state index in [0.717, 1.165) is 26.7 Å². The molecular formula is C23H18ClNO4S. The van der Waals surface area contributed by atoms with Crippen LogP contribution in [-0.2, 0) is 14.3 Å². The first kappa shape index (κ1) is 20.3. The number of amides is 1. The third kappa shape index (κ3) is 4.30. The number of hydrogen-bond acceptors (Lipinski definition) is 5. The SMILES string of the molecule is Cc1cc(OCC(=O)OCC(=O)N2c3ccccc3Sc3ccccc32)ccc1Cl. The van der Waals surface area contributed by atoms with Gasteiger partial charge in [-0.3, -0.25) is 9.69 Å². The summed E-state index contributed by atoms with van der Waals surface area (Å²) in [5.74, 6) is -0.439. The number of rotatable bonds is 5. The molecule has 3 aromatic carbocycles. The zero-order valence-electron chi connectivity index (χ0n) is 16.1. The summed E-state index contributed by atoms with van der Waals surface area (Å²) < 4.78 is 10.6. The molecule has 5 nitrogen and oxygen atoms in total. The van der Waals surface area contributed by atoms with E-state index in [0.29, 0.717) is 10.8 Å². The largest absolute Gasteiger partial charge is 0.482 e. The second-order valence-electron chi connectivity index (χ2n) is 6.63. The van der Waals surface area contributed by atoms with Crippen LogP contribution in [0.25, 0.3) is 0 Å². The number of esters is 1. The van der Waals surface area contributed by atoms with Crippen molar-refractivity contribution in [2.45, 2.75) is 16.7 Å². The van der Waals surface area contributed by atoms with Crippen molar-refractivity contribution in [2.75, 3.05) is 18.1 Å². The molecule has 0 radical (unpaired) electrons. The maximum absolute atomic E-state index is 13.0. The molecule has 0 saturated carbocycles. The summed E-state index contributed by atoms with van der Waals surface area (Å²) in [7, 11) is 0. The van der Waals surface area contributed by atoms with Gasteiger partial charge in [-0.2, -0.15) is 0 Å². The Morgan fingerprint density at radius 2 is 1.57 bits per heavy atom. The van der Waals surface area contributed by atoms with Gasteiger partial charge in [0.1, 0.15) is 5.75 Å². The molecule has 0 fully saturated rings. The molecule has 4 rings (SSSR count). The average Bonchev–Trinajstić information content (AvgIpc) is 2.76. The van der Waals surface area contributed by atoms with E-state index in [9.17, 15) is 9.59 Å². The van der Waals surface area contributed by atoms with Gasteiger partial charge in [0.25, 0.3) is 5.91 Å². The third-order valence-electron chi connectivity index (χ3n) is 4.52. The number of aryl methyl sites for hydroxylation is 1. The van der Waals surface area contributed by atoms with E-state index < -0.39 is 5.97 Å². The molecule has 1 amide bonds. The lowest BCUT2D eigenvalue weighted by Gasteiger charge is -2.30. The molecule has 0 aromatic heterocycles. The molecule has 152 valence electrons. The van der Waals surface area contributed by atoms with Crippen LogP contribution in [0.1, 0.15) is 5.56 Å². The van der Waals surface area contributed by atoms with E-state index in [-0.39, 0.29) is 19.1 Å². The van der Waals surface area contributed by atoms with Gasteiger partial charge in [-0.05, 0) is 55.0 Å². The Morgan fingerprint density at radius 1 is 0.933 bits per heavy atom. The molecule has 0 spiro atoms. The van der Waals surface area contributed by atoms with Crippen LogP contribution in [0.15, 0.2) is 76.5 Å². The van der Waals surface area contributed by atoms with E-state index >= 15 is 0 Å². The average molecular weight is 440 g/mol. The molecular weight excluding hydrogens is 422 g/mol. The molecule has 0 bridgehead atoms. The van der Waals surface area contributed by atoms with Crippen LogP contribution in [0.4, 0.5) is 11.4 Å². The molecule has 0 atom stereocenters. The van der Waals surface area contributed by atoms with Crippen LogP contribution in [0, 0.1) is 6.92 Å². The zero-order valence-corrected chi connectivity index (χ0v) is 17.7. The van der Waals surface area contributed by atoms with Gasteiger partial charge in [-0.1, -0.05) is 47.6 Å². The Morgan fingerprint density at radius 3 is 2.20 bits per heavy atom. The van der Waals surface area contributed by atoms with Crippen LogP contribution >= 0.6 is 23.4 Å². The molecule has 0 saturated heterocycles. The van der Waals surface area contributed by atoms with Crippen LogP contribution in [0.3, 0.4) is 0 Å². The van der Waals surface area contributed by atoms with Crippen molar-refractivity contribution in [3.63, 3.8) is 0 Å². The molecule has 0 aliphatic carbocycles. The predicted molar refractivity (Wildman–Crippen MR) is 117 cm³/mol. The van der Waals surface area contributed by atoms with Gasteiger partial charge >= 0.3 is 5.97 Å². The summed E-state index contributed by atoms with van der Waals surface area (Å²) in [5.41, 5.74) is 2.39. The fraction of sp³-hybridized carbons (Fsp3) is 0.130. The Kier molecular flexibility index (Phi) is 5.97. The van der Waals surface area contributed by atoms with E-state index in [2.05, 4.69) is 0 Å². The van der Waals surface area contributed by atoms with Gasteiger partial charge in [-0.15, -0.1) is 0 Å². The summed E-state index contributed by atoms with van der Waals surface area (Å²) in [6.07, 6.45) is 0. The fourth-order valence-corrected chi connectivity index (χ4v) is 4.25. The number of fused-ring (bicyclic) bond motifs is 2. The monoisotopic (exact) mass is 439 g/mol. The van der Waals surface area contributed by atoms with Crippen LogP contribution in [0.2, 0.25) is 5.02 Å². The highest BCUT2D eigenvalue weighted by molar-refractivity contribution is 7.99. The summed E-state index contributed by atoms with van der Waals surface area (Å²) in [6.45, 7) is 1.17. The Balaban J connectivity index is 1.42. The van der Waals surface area contributed by atoms with Crippen molar-refractivity contribution in [1.82, 2.24) is 0 Å². The number of carbonyl (C=O) groups is 2. The van der Waals surface area contributed by atoms with E-state index in [4.69, 9.17) is 21.1 Å². The minimum absolute atomic E-state index is 0.294. The lowest BCUT2D eigenvalue weighted by atomic mass is 10.2. The number of anilines is 2. The number of benzene rings is 3. The van der Waals surface area contributed by atoms with Gasteiger partial charge < -0.3 is 9.47 Å². The zero-order chi connectivity index (χ0) is 21.1. The molecule has 3 aromatic rings. The first-order chi connectivity index (χ1) is 14.5. The fourth-order valence-electron chi connectivity index (χ4n) is 3.07. The van der Waals surface area contributed by atoms with Gasteiger partial charge in [0.15, 0.2) is 13.2 Å². The van der Waals surface area contributed by atoms with Crippen molar-refractivity contribution in [3.05, 3.63) is 77.3 Å². The molecule has 30 heavy (non-hydrogen) atoms. The summed E-state index contributed by atoms with van der Waals surface area (Å²) in [4.78, 5) is 28.6. The summed E-state index contributed by atoms with van der Waals surface area (Å²) in [5, 5.41) is 0.621. The minimum atomic E-state index is -0.621. The van der Waals surface area contributed by atoms with Gasteiger partial charge in [0.2, 0.25) is 0 Å². The molecule has 1 aliphatic rings. The van der Waals surface area contributed by atoms with Crippen LogP contribution in [-0.4, -0.2) is 25.1 Å². The Labute approximate surface area is 183 Å². The standard InChI is InChI=1S/C23H18ClNO4S/c1-15-12-16(10-11-17(15)24)28-14-23(27)29-13-22(26)25-18-6-2-4-8-20(18)30-21-9-5-3-7-19(21)25/h2-12H,13-14H2,1H3. The Bertz CT molecular complexity index is 1070. The summed E-state index contributed by atoms with van der Waals surface area (Å²) >= 11 is 7.59. The van der Waals surface area contributed by atoms with Crippen molar-refractivity contribution in [1.29, 1.82) is 0 Å². The normalized spacial score (nSPS) is 12.0. The third-order valence-corrected chi connectivity index (χ3v) is 6.08. The van der Waals surface area contributed by atoms with Gasteiger partial charge in [0.05, 0.1) is 11.4 Å². The van der Waals surface area contributed by atoms with Crippen molar-refractivity contribution >= 4 is 46.6 Å². The number of nitrogens with zero attached hydrogens (tertiary/aromatic N) is 1. The highest BCUT2D eigenvalue weighted by Gasteiger charge is 2.28. The van der Waals surface area contributed by atoms with Crippen LogP contribution in [0.5, 0.6) is 5.75 Å². The lowest BCUT2D eigenvalue weighted by molar-refractivity contribution is -0.149. The van der Waals surface area contributed by atoms with Crippen molar-refractivity contribution < 1.29 is 19.1 Å². The maximum Gasteiger partial charge on any atom is 0.344 e. The molecule has 7 heteroatoms. The smallest absolute Gasteiger partial charge is 0.344 e. The predicted octanol–water partition coefficient (Wildman–Crippen LogP) is 5.40. The summed E-state index contributed by atoms with van der Waals surface area (Å²) in [6, 6.07) is 20.4. The molecule has 1 heterocycles. The van der Waals surface area contributed by atoms with Crippen LogP contribution < -0.4 is 9.64 Å². The van der Waals surface area contributed by atoms with Crippen molar-refractivity contribution in [2.24, 2.45) is 0 Å². The topological polar surface area (TPSA) is 55.8 Å². The maximum atomic E-state index is 13.0. The highest BCUT2D eigenvalue weighted by atomic mass is 35.5. The first-order valence-electron chi connectivity index (χ1n) is 9.26.